The molecule has 0 unspecified atom stereocenters. The molecule has 9 nitrogen and oxygen atoms in total. The number of hydrogen-bond donors (Lipinski definition) is 2. The van der Waals surface area contributed by atoms with Crippen molar-refractivity contribution in [2.45, 2.75) is 32.6 Å². The molecule has 3 heterocycles. The molecule has 0 aliphatic carbocycles. The lowest BCUT2D eigenvalue weighted by Crippen LogP contribution is -2.46. The number of hydrogen-bond acceptors (Lipinski definition) is 5. The minimum atomic E-state index is -0.824. The van der Waals surface area contributed by atoms with Gasteiger partial charge in [0.05, 0.1) is 11.9 Å². The summed E-state index contributed by atoms with van der Waals surface area (Å²) in [4.78, 5) is 32.6. The lowest BCUT2D eigenvalue weighted by molar-refractivity contribution is -0.121. The van der Waals surface area contributed by atoms with Crippen LogP contribution in [-0.2, 0) is 31.5 Å². The standard InChI is InChI=1S/C24H29N7O2/c1-16(2)20(23(32)25-3)28-24(33)21-19-15-30(14-17-12-26-29(4)13-17)10-11-31(19)22(27-21)18-8-6-5-7-9-18/h5-9,12-13,20H,1,10-11,14-15H2,2-4H3,(H,25,32)(H,28,33)/t20-/m0/s1. The Bertz CT molecular complexity index is 1180. The minimum absolute atomic E-state index is 0.314. The number of fused-ring (bicyclic) bond motifs is 1. The number of imidazole rings is 1. The van der Waals surface area contributed by atoms with Gasteiger partial charge in [-0.25, -0.2) is 4.98 Å². The fourth-order valence-corrected chi connectivity index (χ4v) is 4.11. The van der Waals surface area contributed by atoms with Crippen molar-refractivity contribution in [1.82, 2.24) is 34.9 Å². The van der Waals surface area contributed by atoms with Gasteiger partial charge in [-0.3, -0.25) is 19.2 Å². The summed E-state index contributed by atoms with van der Waals surface area (Å²) in [5.41, 5.74) is 3.78. The molecule has 1 aromatic carbocycles. The van der Waals surface area contributed by atoms with Crippen LogP contribution in [0.15, 0.2) is 54.9 Å². The molecule has 4 rings (SSSR count). The lowest BCUT2D eigenvalue weighted by atomic mass is 10.1. The molecule has 3 aromatic rings. The van der Waals surface area contributed by atoms with E-state index in [1.165, 1.54) is 7.05 Å². The second kappa shape index (κ2) is 9.41. The number of likely N-dealkylation sites (N-methyl/N-ethyl adjacent to an activating group) is 1. The summed E-state index contributed by atoms with van der Waals surface area (Å²) in [6, 6.07) is 9.01. The van der Waals surface area contributed by atoms with E-state index in [2.05, 4.69) is 31.8 Å². The van der Waals surface area contributed by atoms with Gasteiger partial charge in [-0.2, -0.15) is 5.10 Å². The van der Waals surface area contributed by atoms with Gasteiger partial charge in [0.15, 0.2) is 5.69 Å². The summed E-state index contributed by atoms with van der Waals surface area (Å²) in [6.45, 7) is 8.40. The van der Waals surface area contributed by atoms with Crippen LogP contribution >= 0.6 is 0 Å². The summed E-state index contributed by atoms with van der Waals surface area (Å²) >= 11 is 0. The van der Waals surface area contributed by atoms with Gasteiger partial charge in [0.1, 0.15) is 11.9 Å². The second-order valence-electron chi connectivity index (χ2n) is 8.35. The summed E-state index contributed by atoms with van der Waals surface area (Å²) < 4.78 is 3.89. The molecule has 2 N–H and O–H groups in total. The number of amides is 2. The van der Waals surface area contributed by atoms with Crippen LogP contribution in [0.1, 0.15) is 28.7 Å². The van der Waals surface area contributed by atoms with Crippen LogP contribution < -0.4 is 10.6 Å². The predicted octanol–water partition coefficient (Wildman–Crippen LogP) is 1.72. The lowest BCUT2D eigenvalue weighted by Gasteiger charge is -2.29. The van der Waals surface area contributed by atoms with Crippen molar-refractivity contribution in [1.29, 1.82) is 0 Å². The van der Waals surface area contributed by atoms with Gasteiger partial charge >= 0.3 is 0 Å². The molecule has 1 aliphatic heterocycles. The van der Waals surface area contributed by atoms with Crippen LogP contribution in [-0.4, -0.2) is 55.7 Å². The van der Waals surface area contributed by atoms with E-state index in [1.54, 1.807) is 11.6 Å². The minimum Gasteiger partial charge on any atom is -0.357 e. The molecule has 0 spiro atoms. The van der Waals surface area contributed by atoms with Crippen molar-refractivity contribution in [2.24, 2.45) is 7.05 Å². The van der Waals surface area contributed by atoms with Crippen LogP contribution in [0.2, 0.25) is 0 Å². The van der Waals surface area contributed by atoms with Crippen molar-refractivity contribution in [3.63, 3.8) is 0 Å². The van der Waals surface area contributed by atoms with Crippen LogP contribution in [0.25, 0.3) is 11.4 Å². The molecule has 2 amide bonds. The second-order valence-corrected chi connectivity index (χ2v) is 8.35. The van der Waals surface area contributed by atoms with Crippen molar-refractivity contribution in [3.8, 4) is 11.4 Å². The predicted molar refractivity (Wildman–Crippen MR) is 125 cm³/mol. The summed E-state index contributed by atoms with van der Waals surface area (Å²) in [6.07, 6.45) is 3.85. The average molecular weight is 448 g/mol. The molecule has 0 saturated carbocycles. The summed E-state index contributed by atoms with van der Waals surface area (Å²) in [7, 11) is 3.43. The molecule has 0 saturated heterocycles. The highest BCUT2D eigenvalue weighted by Crippen LogP contribution is 2.27. The Hall–Kier alpha value is -3.72. The molecule has 9 heteroatoms. The van der Waals surface area contributed by atoms with Crippen molar-refractivity contribution in [3.05, 3.63) is 71.8 Å². The largest absolute Gasteiger partial charge is 0.357 e. The molecular formula is C24H29N7O2. The van der Waals surface area contributed by atoms with Crippen LogP contribution in [0.3, 0.4) is 0 Å². The molecule has 172 valence electrons. The number of nitrogens with one attached hydrogen (secondary N) is 2. The van der Waals surface area contributed by atoms with Gasteiger partial charge in [-0.15, -0.1) is 0 Å². The van der Waals surface area contributed by atoms with E-state index in [0.29, 0.717) is 24.4 Å². The Kier molecular flexibility index (Phi) is 6.41. The van der Waals surface area contributed by atoms with Crippen LogP contribution in [0.5, 0.6) is 0 Å². The quantitative estimate of drug-likeness (QED) is 0.538. The average Bonchev–Trinajstić information content (AvgIpc) is 3.40. The molecule has 1 atom stereocenters. The van der Waals surface area contributed by atoms with E-state index >= 15 is 0 Å². The van der Waals surface area contributed by atoms with Crippen molar-refractivity contribution in [2.75, 3.05) is 13.6 Å². The number of nitrogens with zero attached hydrogens (tertiary/aromatic N) is 5. The molecule has 1 aliphatic rings. The summed E-state index contributed by atoms with van der Waals surface area (Å²) in [5, 5.41) is 9.64. The Balaban J connectivity index is 1.67. The fraction of sp³-hybridized carbons (Fsp3) is 0.333. The first-order valence-corrected chi connectivity index (χ1v) is 10.9. The third kappa shape index (κ3) is 4.73. The maximum atomic E-state index is 13.3. The first kappa shape index (κ1) is 22.5. The molecule has 0 bridgehead atoms. The normalized spacial score (nSPS) is 14.4. The van der Waals surface area contributed by atoms with E-state index in [1.807, 2.05) is 49.8 Å². The zero-order valence-corrected chi connectivity index (χ0v) is 19.2. The molecular weight excluding hydrogens is 418 g/mol. The Morgan fingerprint density at radius 1 is 1.21 bits per heavy atom. The van der Waals surface area contributed by atoms with Gasteiger partial charge in [0.2, 0.25) is 5.91 Å². The molecule has 0 fully saturated rings. The van der Waals surface area contributed by atoms with E-state index in [9.17, 15) is 9.59 Å². The smallest absolute Gasteiger partial charge is 0.272 e. The number of rotatable bonds is 7. The first-order chi connectivity index (χ1) is 15.9. The first-order valence-electron chi connectivity index (χ1n) is 10.9. The Morgan fingerprint density at radius 3 is 2.61 bits per heavy atom. The number of carbonyl (C=O) groups is 2. The van der Waals surface area contributed by atoms with E-state index < -0.39 is 6.04 Å². The zero-order valence-electron chi connectivity index (χ0n) is 19.2. The maximum Gasteiger partial charge on any atom is 0.272 e. The maximum absolute atomic E-state index is 13.3. The number of aromatic nitrogens is 4. The van der Waals surface area contributed by atoms with E-state index in [-0.39, 0.29) is 11.8 Å². The highest BCUT2D eigenvalue weighted by molar-refractivity contribution is 5.98. The highest BCUT2D eigenvalue weighted by atomic mass is 16.2. The van der Waals surface area contributed by atoms with E-state index in [0.717, 1.165) is 35.7 Å². The Morgan fingerprint density at radius 2 is 1.97 bits per heavy atom. The summed E-state index contributed by atoms with van der Waals surface area (Å²) in [5.74, 6) is 0.0507. The monoisotopic (exact) mass is 447 g/mol. The number of carbonyl (C=O) groups excluding carboxylic acids is 2. The zero-order chi connectivity index (χ0) is 23.5. The third-order valence-electron chi connectivity index (χ3n) is 5.77. The highest BCUT2D eigenvalue weighted by Gasteiger charge is 2.30. The van der Waals surface area contributed by atoms with Gasteiger partial charge < -0.3 is 15.2 Å². The molecule has 33 heavy (non-hydrogen) atoms. The van der Waals surface area contributed by atoms with E-state index in [4.69, 9.17) is 4.98 Å². The van der Waals surface area contributed by atoms with Crippen molar-refractivity contribution < 1.29 is 9.59 Å². The van der Waals surface area contributed by atoms with Gasteiger partial charge in [0.25, 0.3) is 5.91 Å². The molecule has 0 radical (unpaired) electrons. The fourth-order valence-electron chi connectivity index (χ4n) is 4.11. The van der Waals surface area contributed by atoms with Crippen LogP contribution in [0.4, 0.5) is 0 Å². The topological polar surface area (TPSA) is 97.1 Å². The Labute approximate surface area is 193 Å². The molecule has 2 aromatic heterocycles. The number of aryl methyl sites for hydroxylation is 1. The third-order valence-corrected chi connectivity index (χ3v) is 5.77. The van der Waals surface area contributed by atoms with Gasteiger partial charge in [-0.05, 0) is 12.5 Å². The van der Waals surface area contributed by atoms with Gasteiger partial charge in [-0.1, -0.05) is 36.9 Å². The number of benzene rings is 1. The van der Waals surface area contributed by atoms with Crippen molar-refractivity contribution >= 4 is 11.8 Å². The van der Waals surface area contributed by atoms with Gasteiger partial charge in [0, 0.05) is 57.6 Å². The van der Waals surface area contributed by atoms with Crippen LogP contribution in [0, 0.1) is 0 Å². The SMILES string of the molecule is C=C(C)[C@H](NC(=O)c1nc(-c2ccccc2)n2c1CN(Cc1cnn(C)c1)CC2)C(=O)NC.